The van der Waals surface area contributed by atoms with Gasteiger partial charge in [0.1, 0.15) is 12.2 Å². The van der Waals surface area contributed by atoms with E-state index in [2.05, 4.69) is 22.6 Å². The molecule has 2 aliphatic heterocycles. The van der Waals surface area contributed by atoms with E-state index >= 15 is 0 Å². The van der Waals surface area contributed by atoms with Crippen molar-refractivity contribution in [2.24, 2.45) is 0 Å². The first-order valence-corrected chi connectivity index (χ1v) is 5.81. The van der Waals surface area contributed by atoms with E-state index in [0.717, 1.165) is 4.43 Å². The Labute approximate surface area is 90.7 Å². The lowest BCUT2D eigenvalue weighted by Gasteiger charge is -2.21. The Morgan fingerprint density at radius 1 is 1.38 bits per heavy atom. The van der Waals surface area contributed by atoms with Gasteiger partial charge in [0.25, 0.3) is 0 Å². The van der Waals surface area contributed by atoms with E-state index in [-0.39, 0.29) is 12.2 Å². The predicted octanol–water partition coefficient (Wildman–Crippen LogP) is 0.659. The Morgan fingerprint density at radius 2 is 2.08 bits per heavy atom. The predicted molar refractivity (Wildman–Crippen MR) is 53.6 cm³/mol. The molecule has 1 N–H and O–H groups in total. The van der Waals surface area contributed by atoms with Gasteiger partial charge in [-0.2, -0.15) is 0 Å². The summed E-state index contributed by atoms with van der Waals surface area (Å²) in [6.45, 7) is 3.64. The van der Waals surface area contributed by atoms with Crippen molar-refractivity contribution in [1.29, 1.82) is 0 Å². The van der Waals surface area contributed by atoms with Gasteiger partial charge < -0.3 is 19.3 Å². The second kappa shape index (κ2) is 3.30. The number of hydrogen-bond acceptors (Lipinski definition) is 4. The third-order valence-corrected chi connectivity index (χ3v) is 3.13. The maximum atomic E-state index is 9.76. The molecule has 2 aliphatic rings. The molecule has 76 valence electrons. The molecule has 0 aromatic rings. The van der Waals surface area contributed by atoms with Gasteiger partial charge in [-0.15, -0.1) is 0 Å². The quantitative estimate of drug-likeness (QED) is 0.571. The molecule has 2 rings (SSSR count). The molecule has 0 radical (unpaired) electrons. The van der Waals surface area contributed by atoms with Gasteiger partial charge in [-0.3, -0.25) is 0 Å². The zero-order valence-electron chi connectivity index (χ0n) is 7.57. The van der Waals surface area contributed by atoms with Crippen LogP contribution in [0.1, 0.15) is 13.8 Å². The first-order chi connectivity index (χ1) is 6.03. The van der Waals surface area contributed by atoms with Gasteiger partial charge in [0.05, 0.1) is 6.10 Å². The molecule has 2 unspecified atom stereocenters. The fourth-order valence-corrected chi connectivity index (χ4v) is 2.41. The zero-order chi connectivity index (χ0) is 9.64. The number of halogens is 1. The Hall–Kier alpha value is 0.570. The highest BCUT2D eigenvalue weighted by Gasteiger charge is 2.53. The highest BCUT2D eigenvalue weighted by Crippen LogP contribution is 2.37. The fraction of sp³-hybridized carbons (Fsp3) is 1.00. The molecule has 2 saturated heterocycles. The van der Waals surface area contributed by atoms with E-state index < -0.39 is 18.2 Å². The van der Waals surface area contributed by atoms with Gasteiger partial charge in [-0.05, 0) is 13.8 Å². The second-order valence-electron chi connectivity index (χ2n) is 3.79. The summed E-state index contributed by atoms with van der Waals surface area (Å²) in [5.41, 5.74) is 0. The number of ether oxygens (including phenoxy) is 3. The lowest BCUT2D eigenvalue weighted by atomic mass is 10.2. The van der Waals surface area contributed by atoms with E-state index in [1.54, 1.807) is 0 Å². The highest BCUT2D eigenvalue weighted by molar-refractivity contribution is 14.1. The van der Waals surface area contributed by atoms with Crippen molar-refractivity contribution in [3.8, 4) is 0 Å². The Morgan fingerprint density at radius 3 is 2.62 bits per heavy atom. The number of aliphatic hydroxyl groups is 1. The van der Waals surface area contributed by atoms with Gasteiger partial charge >= 0.3 is 0 Å². The first-order valence-electron chi connectivity index (χ1n) is 4.28. The van der Waals surface area contributed by atoms with Crippen LogP contribution in [0.3, 0.4) is 0 Å². The van der Waals surface area contributed by atoms with E-state index in [4.69, 9.17) is 14.2 Å². The number of hydrogen-bond donors (Lipinski definition) is 1. The molecule has 0 amide bonds. The van der Waals surface area contributed by atoms with Crippen LogP contribution in [0.2, 0.25) is 0 Å². The molecule has 0 aromatic heterocycles. The number of alkyl halides is 1. The Balaban J connectivity index is 2.07. The van der Waals surface area contributed by atoms with Crippen LogP contribution in [0.15, 0.2) is 0 Å². The van der Waals surface area contributed by atoms with Crippen LogP contribution >= 0.6 is 22.6 Å². The molecule has 0 aliphatic carbocycles. The summed E-state index contributed by atoms with van der Waals surface area (Å²) < 4.78 is 17.2. The third-order valence-electron chi connectivity index (χ3n) is 2.27. The molecule has 0 aromatic carbocycles. The van der Waals surface area contributed by atoms with Gasteiger partial charge in [0.15, 0.2) is 12.1 Å². The average Bonchev–Trinajstić information content (AvgIpc) is 2.47. The minimum absolute atomic E-state index is 0.160. The van der Waals surface area contributed by atoms with Crippen LogP contribution < -0.4 is 0 Å². The van der Waals surface area contributed by atoms with Crippen LogP contribution in [-0.2, 0) is 14.2 Å². The number of rotatable bonds is 1. The van der Waals surface area contributed by atoms with Crippen molar-refractivity contribution < 1.29 is 19.3 Å². The summed E-state index contributed by atoms with van der Waals surface area (Å²) in [6.07, 6.45) is -1.45. The summed E-state index contributed by atoms with van der Waals surface area (Å²) in [5.74, 6) is -0.632. The standard InChI is InChI=1S/C8H13IO4/c1-8(2)12-6-5(10)4(3-9)11-7(6)13-8/h4-7,10H,3H2,1-2H3/t4-,5?,6?,7-/m1/s1. The third kappa shape index (κ3) is 1.72. The molecule has 0 saturated carbocycles. The summed E-state index contributed by atoms with van der Waals surface area (Å²) in [6, 6.07) is 0. The lowest BCUT2D eigenvalue weighted by Crippen LogP contribution is -2.35. The molecule has 0 bridgehead atoms. The summed E-state index contributed by atoms with van der Waals surface area (Å²) >= 11 is 2.18. The molecular weight excluding hydrogens is 287 g/mol. The van der Waals surface area contributed by atoms with Crippen LogP contribution in [0, 0.1) is 0 Å². The SMILES string of the molecule is CC1(C)OC2C(O)[C@@H](CI)O[C@@H]2O1. The average molecular weight is 300 g/mol. The van der Waals surface area contributed by atoms with Gasteiger partial charge in [-0.25, -0.2) is 0 Å². The molecule has 4 atom stereocenters. The minimum atomic E-state index is -0.632. The van der Waals surface area contributed by atoms with Crippen LogP contribution in [-0.4, -0.2) is 39.9 Å². The molecule has 2 heterocycles. The molecule has 2 fully saturated rings. The van der Waals surface area contributed by atoms with Crippen LogP contribution in [0.4, 0.5) is 0 Å². The maximum absolute atomic E-state index is 9.76. The summed E-state index contributed by atoms with van der Waals surface area (Å²) in [4.78, 5) is 0. The number of aliphatic hydroxyl groups excluding tert-OH is 1. The van der Waals surface area contributed by atoms with Crippen LogP contribution in [0.25, 0.3) is 0 Å². The smallest absolute Gasteiger partial charge is 0.190 e. The van der Waals surface area contributed by atoms with Crippen molar-refractivity contribution in [2.75, 3.05) is 4.43 Å². The monoisotopic (exact) mass is 300 g/mol. The van der Waals surface area contributed by atoms with Crippen molar-refractivity contribution in [3.63, 3.8) is 0 Å². The highest BCUT2D eigenvalue weighted by atomic mass is 127. The van der Waals surface area contributed by atoms with E-state index in [1.807, 2.05) is 13.8 Å². The molecule has 0 spiro atoms. The minimum Gasteiger partial charge on any atom is -0.387 e. The van der Waals surface area contributed by atoms with Gasteiger partial charge in [-0.1, -0.05) is 22.6 Å². The normalized spacial score (nSPS) is 48.0. The Kier molecular flexibility index (Phi) is 2.57. The van der Waals surface area contributed by atoms with Gasteiger partial charge in [0, 0.05) is 4.43 Å². The summed E-state index contributed by atoms with van der Waals surface area (Å²) in [7, 11) is 0. The Bertz CT molecular complexity index is 208. The molecule has 5 heteroatoms. The fourth-order valence-electron chi connectivity index (χ4n) is 1.69. The topological polar surface area (TPSA) is 47.9 Å². The number of fused-ring (bicyclic) bond motifs is 1. The maximum Gasteiger partial charge on any atom is 0.190 e. The van der Waals surface area contributed by atoms with E-state index in [1.165, 1.54) is 0 Å². The van der Waals surface area contributed by atoms with Crippen LogP contribution in [0.5, 0.6) is 0 Å². The molecular formula is C8H13IO4. The second-order valence-corrected chi connectivity index (χ2v) is 4.67. The van der Waals surface area contributed by atoms with Gasteiger partial charge in [0.2, 0.25) is 0 Å². The molecule has 13 heavy (non-hydrogen) atoms. The largest absolute Gasteiger partial charge is 0.387 e. The van der Waals surface area contributed by atoms with Crippen molar-refractivity contribution in [1.82, 2.24) is 0 Å². The molecule has 4 nitrogen and oxygen atoms in total. The lowest BCUT2D eigenvalue weighted by molar-refractivity contribution is -0.211. The zero-order valence-corrected chi connectivity index (χ0v) is 9.72. The van der Waals surface area contributed by atoms with E-state index in [9.17, 15) is 5.11 Å². The summed E-state index contributed by atoms with van der Waals surface area (Å²) in [5, 5.41) is 9.76. The van der Waals surface area contributed by atoms with E-state index in [0.29, 0.717) is 0 Å². The van der Waals surface area contributed by atoms with Crippen molar-refractivity contribution in [2.45, 2.75) is 44.2 Å². The van der Waals surface area contributed by atoms with Crippen molar-refractivity contribution >= 4 is 22.6 Å². The first kappa shape index (κ1) is 10.1. The van der Waals surface area contributed by atoms with Crippen molar-refractivity contribution in [3.05, 3.63) is 0 Å².